The van der Waals surface area contributed by atoms with Crippen LogP contribution in [0.15, 0.2) is 36.4 Å². The van der Waals surface area contributed by atoms with Crippen molar-refractivity contribution in [2.75, 3.05) is 48.1 Å². The third kappa shape index (κ3) is 6.73. The second kappa shape index (κ2) is 11.4. The molecule has 2 rings (SSSR count). The van der Waals surface area contributed by atoms with E-state index in [1.54, 1.807) is 39.5 Å². The Labute approximate surface area is 176 Å². The zero-order chi connectivity index (χ0) is 21.2. The van der Waals surface area contributed by atoms with Crippen molar-refractivity contribution in [3.63, 3.8) is 0 Å². The van der Waals surface area contributed by atoms with Gasteiger partial charge in [0, 0.05) is 24.7 Å². The summed E-state index contributed by atoms with van der Waals surface area (Å²) in [5.41, 5.74) is 0.795. The van der Waals surface area contributed by atoms with Crippen molar-refractivity contribution in [2.24, 2.45) is 0 Å². The number of para-hydroxylation sites is 1. The first kappa shape index (κ1) is 22.6. The van der Waals surface area contributed by atoms with Gasteiger partial charge in [0.2, 0.25) is 5.91 Å². The number of rotatable bonds is 11. The van der Waals surface area contributed by atoms with Gasteiger partial charge in [-0.25, -0.2) is 0 Å². The molecule has 0 aliphatic carbocycles. The number of methoxy groups -OCH3 is 3. The summed E-state index contributed by atoms with van der Waals surface area (Å²) in [4.78, 5) is 14.2. The molecule has 0 bridgehead atoms. The molecule has 158 valence electrons. The highest BCUT2D eigenvalue weighted by molar-refractivity contribution is 6.32. The van der Waals surface area contributed by atoms with Crippen molar-refractivity contribution in [3.8, 4) is 23.0 Å². The summed E-state index contributed by atoms with van der Waals surface area (Å²) in [5, 5.41) is 3.46. The largest absolute Gasteiger partial charge is 0.496 e. The molecular formula is C21H27ClN2O5. The highest BCUT2D eigenvalue weighted by Crippen LogP contribution is 2.34. The van der Waals surface area contributed by atoms with Crippen LogP contribution < -0.4 is 24.3 Å². The van der Waals surface area contributed by atoms with Crippen LogP contribution in [0.5, 0.6) is 23.0 Å². The van der Waals surface area contributed by atoms with Gasteiger partial charge in [-0.05, 0) is 25.2 Å². The third-order valence-electron chi connectivity index (χ3n) is 4.24. The normalized spacial score (nSPS) is 10.6. The maximum absolute atomic E-state index is 12.3. The van der Waals surface area contributed by atoms with Crippen LogP contribution in [0.4, 0.5) is 0 Å². The lowest BCUT2D eigenvalue weighted by Crippen LogP contribution is -2.36. The lowest BCUT2D eigenvalue weighted by Gasteiger charge is -2.18. The fourth-order valence-corrected chi connectivity index (χ4v) is 2.87. The Morgan fingerprint density at radius 2 is 1.66 bits per heavy atom. The van der Waals surface area contributed by atoms with Crippen LogP contribution in [0, 0.1) is 0 Å². The van der Waals surface area contributed by atoms with Gasteiger partial charge < -0.3 is 24.3 Å². The van der Waals surface area contributed by atoms with Crippen LogP contribution in [0.25, 0.3) is 0 Å². The number of benzene rings is 2. The van der Waals surface area contributed by atoms with Crippen LogP contribution in [-0.2, 0) is 11.3 Å². The molecule has 1 N–H and O–H groups in total. The molecule has 0 saturated heterocycles. The fraction of sp³-hybridized carbons (Fsp3) is 0.381. The third-order valence-corrected chi connectivity index (χ3v) is 4.56. The molecule has 8 heteroatoms. The van der Waals surface area contributed by atoms with Gasteiger partial charge in [-0.2, -0.15) is 0 Å². The van der Waals surface area contributed by atoms with E-state index >= 15 is 0 Å². The average molecular weight is 423 g/mol. The standard InChI is InChI=1S/C21H27ClN2O5/c1-24(9-10-29-17-8-6-5-7-16(17)22)14-21(25)23-13-15-11-19(27-3)20(28-4)12-18(15)26-2/h5-8,11-12H,9-10,13-14H2,1-4H3,(H,23,25). The van der Waals surface area contributed by atoms with Gasteiger partial charge in [-0.3, -0.25) is 9.69 Å². The van der Waals surface area contributed by atoms with Crippen LogP contribution >= 0.6 is 11.6 Å². The molecule has 0 radical (unpaired) electrons. The number of halogens is 1. The predicted molar refractivity (Wildman–Crippen MR) is 112 cm³/mol. The summed E-state index contributed by atoms with van der Waals surface area (Å²) < 4.78 is 21.6. The quantitative estimate of drug-likeness (QED) is 0.600. The smallest absolute Gasteiger partial charge is 0.234 e. The number of hydrogen-bond donors (Lipinski definition) is 1. The molecule has 0 heterocycles. The summed E-state index contributed by atoms with van der Waals surface area (Å²) in [5.74, 6) is 2.28. The molecule has 0 aliphatic heterocycles. The molecule has 0 fully saturated rings. The number of likely N-dealkylation sites (N-methyl/N-ethyl adjacent to an activating group) is 1. The van der Waals surface area contributed by atoms with Gasteiger partial charge >= 0.3 is 0 Å². The number of carbonyl (C=O) groups excluding carboxylic acids is 1. The number of ether oxygens (including phenoxy) is 4. The molecule has 0 atom stereocenters. The number of nitrogens with one attached hydrogen (secondary N) is 1. The molecule has 2 aromatic carbocycles. The minimum atomic E-state index is -0.109. The van der Waals surface area contributed by atoms with Crippen LogP contribution in [-0.4, -0.2) is 58.9 Å². The minimum Gasteiger partial charge on any atom is -0.496 e. The fourth-order valence-electron chi connectivity index (χ4n) is 2.68. The number of carbonyl (C=O) groups is 1. The number of nitrogens with zero attached hydrogens (tertiary/aromatic N) is 1. The van der Waals surface area contributed by atoms with Crippen molar-refractivity contribution < 1.29 is 23.7 Å². The first-order valence-electron chi connectivity index (χ1n) is 9.10. The highest BCUT2D eigenvalue weighted by Gasteiger charge is 2.13. The van der Waals surface area contributed by atoms with E-state index in [0.717, 1.165) is 5.56 Å². The highest BCUT2D eigenvalue weighted by atomic mass is 35.5. The molecular weight excluding hydrogens is 396 g/mol. The first-order valence-corrected chi connectivity index (χ1v) is 9.47. The lowest BCUT2D eigenvalue weighted by molar-refractivity contribution is -0.122. The maximum Gasteiger partial charge on any atom is 0.234 e. The summed E-state index contributed by atoms with van der Waals surface area (Å²) in [6.45, 7) is 1.56. The second-order valence-electron chi connectivity index (χ2n) is 6.31. The van der Waals surface area contributed by atoms with E-state index in [1.165, 1.54) is 0 Å². The zero-order valence-corrected chi connectivity index (χ0v) is 17.9. The lowest BCUT2D eigenvalue weighted by atomic mass is 10.1. The number of amides is 1. The average Bonchev–Trinajstić information content (AvgIpc) is 2.72. The molecule has 0 aliphatic rings. The zero-order valence-electron chi connectivity index (χ0n) is 17.2. The SMILES string of the molecule is COc1cc(OC)c(OC)cc1CNC(=O)CN(C)CCOc1ccccc1Cl. The van der Waals surface area contributed by atoms with Gasteiger partial charge in [0.05, 0.1) is 32.9 Å². The Hall–Kier alpha value is -2.64. The number of hydrogen-bond acceptors (Lipinski definition) is 6. The van der Waals surface area contributed by atoms with Crippen molar-refractivity contribution in [1.29, 1.82) is 0 Å². The van der Waals surface area contributed by atoms with Crippen LogP contribution in [0.3, 0.4) is 0 Å². The van der Waals surface area contributed by atoms with E-state index in [2.05, 4.69) is 5.32 Å². The Balaban J connectivity index is 1.82. The molecule has 2 aromatic rings. The summed E-state index contributed by atoms with van der Waals surface area (Å²) in [7, 11) is 6.54. The Morgan fingerprint density at radius 1 is 1.00 bits per heavy atom. The van der Waals surface area contributed by atoms with Crippen molar-refractivity contribution in [3.05, 3.63) is 47.0 Å². The van der Waals surface area contributed by atoms with Crippen molar-refractivity contribution >= 4 is 17.5 Å². The molecule has 0 spiro atoms. The van der Waals surface area contributed by atoms with Gasteiger partial charge in [0.1, 0.15) is 18.1 Å². The summed E-state index contributed by atoms with van der Waals surface area (Å²) in [6.07, 6.45) is 0. The molecule has 0 aromatic heterocycles. The summed E-state index contributed by atoms with van der Waals surface area (Å²) in [6, 6.07) is 10.8. The molecule has 0 saturated carbocycles. The van der Waals surface area contributed by atoms with E-state index in [1.807, 2.05) is 30.1 Å². The summed E-state index contributed by atoms with van der Waals surface area (Å²) >= 11 is 6.06. The Kier molecular flexibility index (Phi) is 8.89. The van der Waals surface area contributed by atoms with Gasteiger partial charge in [-0.15, -0.1) is 0 Å². The Bertz CT molecular complexity index is 816. The predicted octanol–water partition coefficient (Wildman–Crippen LogP) is 2.99. The molecule has 1 amide bonds. The monoisotopic (exact) mass is 422 g/mol. The van der Waals surface area contributed by atoms with Gasteiger partial charge in [0.25, 0.3) is 0 Å². The van der Waals surface area contributed by atoms with Crippen LogP contribution in [0.2, 0.25) is 5.02 Å². The van der Waals surface area contributed by atoms with Crippen molar-refractivity contribution in [1.82, 2.24) is 10.2 Å². The van der Waals surface area contributed by atoms with E-state index in [9.17, 15) is 4.79 Å². The van der Waals surface area contributed by atoms with E-state index < -0.39 is 0 Å². The van der Waals surface area contributed by atoms with Crippen molar-refractivity contribution in [2.45, 2.75) is 6.54 Å². The maximum atomic E-state index is 12.3. The second-order valence-corrected chi connectivity index (χ2v) is 6.72. The molecule has 0 unspecified atom stereocenters. The molecule has 29 heavy (non-hydrogen) atoms. The van der Waals surface area contributed by atoms with E-state index in [0.29, 0.717) is 47.7 Å². The van der Waals surface area contributed by atoms with Gasteiger partial charge in [-0.1, -0.05) is 23.7 Å². The Morgan fingerprint density at radius 3 is 2.31 bits per heavy atom. The topological polar surface area (TPSA) is 69.3 Å². The minimum absolute atomic E-state index is 0.109. The van der Waals surface area contributed by atoms with Crippen LogP contribution in [0.1, 0.15) is 5.56 Å². The van der Waals surface area contributed by atoms with Gasteiger partial charge in [0.15, 0.2) is 11.5 Å². The molecule has 7 nitrogen and oxygen atoms in total. The van der Waals surface area contributed by atoms with E-state index in [-0.39, 0.29) is 12.5 Å². The first-order chi connectivity index (χ1) is 14.0. The van der Waals surface area contributed by atoms with E-state index in [4.69, 9.17) is 30.5 Å².